The van der Waals surface area contributed by atoms with Crippen molar-refractivity contribution in [1.82, 2.24) is 60.6 Å². The van der Waals surface area contributed by atoms with Crippen LogP contribution in [0.5, 0.6) is 17.2 Å². The number of thiazole rings is 2. The Morgan fingerprint density at radius 1 is 0.600 bits per heavy atom. The van der Waals surface area contributed by atoms with Crippen molar-refractivity contribution in [3.05, 3.63) is 240 Å². The summed E-state index contributed by atoms with van der Waals surface area (Å²) in [7, 11) is -1.33. The number of aromatic nitrogens is 10. The van der Waals surface area contributed by atoms with Gasteiger partial charge in [-0.05, 0) is 121 Å². The monoisotopic (exact) mass is 1630 g/mol. The molecule has 0 atom stereocenters. The Morgan fingerprint density at radius 2 is 1.02 bits per heavy atom. The molecule has 0 bridgehead atoms. The van der Waals surface area contributed by atoms with E-state index < -0.39 is 40.2 Å². The molecule has 0 spiro atoms. The van der Waals surface area contributed by atoms with Crippen LogP contribution in [0.25, 0.3) is 30.9 Å². The molecule has 0 unspecified atom stereocenters. The largest absolute Gasteiger partial charge is 0.421 e. The third-order valence-electron chi connectivity index (χ3n) is 14.2. The molecule has 0 aliphatic carbocycles. The van der Waals surface area contributed by atoms with Gasteiger partial charge in [-0.25, -0.2) is 47.8 Å². The summed E-state index contributed by atoms with van der Waals surface area (Å²) in [5, 5.41) is 84.1. The van der Waals surface area contributed by atoms with Crippen LogP contribution in [-0.2, 0) is 24.4 Å². The van der Waals surface area contributed by atoms with Crippen molar-refractivity contribution in [2.45, 2.75) is 39.3 Å². The fraction of sp³-hybridized carbons (Fsp3) is 0.212. The molecule has 44 heteroatoms. The van der Waals surface area contributed by atoms with Gasteiger partial charge < -0.3 is 34.2 Å². The molecule has 2 aliphatic rings. The molecule has 566 valence electrons. The second kappa shape index (κ2) is 41.5. The van der Waals surface area contributed by atoms with Crippen LogP contribution < -0.4 is 29.3 Å². The first-order chi connectivity index (χ1) is 52.9. The molecule has 12 aromatic rings. The molecule has 5 aromatic carbocycles. The van der Waals surface area contributed by atoms with Crippen LogP contribution in [0, 0.1) is 64.3 Å². The third-order valence-corrected chi connectivity index (χ3v) is 19.8. The fourth-order valence-electron chi connectivity index (χ4n) is 8.98. The predicted molar refractivity (Wildman–Crippen MR) is 408 cm³/mol. The molecule has 1 N–H and O–H groups in total. The number of carbonyl (C=O) groups excluding carboxylic acids is 4. The average molecular weight is 1630 g/mol. The first kappa shape index (κ1) is 83.1. The van der Waals surface area contributed by atoms with E-state index in [9.17, 15) is 58.3 Å². The van der Waals surface area contributed by atoms with E-state index in [1.165, 1.54) is 134 Å². The first-order valence-corrected chi connectivity index (χ1v) is 40.1. The van der Waals surface area contributed by atoms with E-state index in [1.54, 1.807) is 39.7 Å². The van der Waals surface area contributed by atoms with Gasteiger partial charge in [0.05, 0.1) is 54.8 Å². The number of esters is 2. The molecule has 9 heterocycles. The van der Waals surface area contributed by atoms with Gasteiger partial charge >= 0.3 is 17.4 Å². The molecule has 14 rings (SSSR count). The van der Waals surface area contributed by atoms with Crippen molar-refractivity contribution < 1.29 is 56.9 Å². The second-order valence-electron chi connectivity index (χ2n) is 23.0. The highest BCUT2D eigenvalue weighted by Gasteiger charge is 2.29. The van der Waals surface area contributed by atoms with Gasteiger partial charge in [0.15, 0.2) is 24.4 Å². The topological polar surface area (TPSA) is 456 Å². The number of nitrogens with zero attached hydrogens (tertiary/aromatic N) is 21. The Kier molecular flexibility index (Phi) is 31.3. The van der Waals surface area contributed by atoms with Gasteiger partial charge in [0.25, 0.3) is 28.8 Å². The van der Waals surface area contributed by atoms with E-state index in [-0.39, 0.29) is 63.5 Å². The van der Waals surface area contributed by atoms with Crippen LogP contribution in [-0.4, -0.2) is 154 Å². The Morgan fingerprint density at radius 3 is 1.42 bits per heavy atom. The Balaban J connectivity index is 0.000000169. The standard InChI is InChI=1S/C18H16FN7OS2.C13H9N5O4S.C11H12FN3S.C8H4N2O4.C7H4ClNO4.C5H5N3S.C4H9NSi/c19-13-4-1-5-14-15(13)29-18(20-14)25-8-6-24(7-9-25)17(27)16-21-22-23-26(16)11-12-3-2-10-28-12;19-13(22-10-5-3-9(4-6-10)18(20)21)12-14-15-16-17(12)8-11-2-1-7-23-11;12-8-2-1-3-9-10(8)16-11(14-9)15-6-4-13-5-7-15;9-5-8(11)14-7-3-1-6(2-4-7)10(12)13;8-7(10)13-6-3-1-5(2-4-6)9(11)12;6-8-7-4-5-2-1-3-9-5;1-6(2,3)4-5/h1-5,10H,6-9,11H2;1-7H,8H2;1-3,13H,4-7H2;1-4H;1-4H;1-3H,4H2;1-3H3. The molecule has 35 nitrogen and oxygen atoms in total. The number of piperazine rings is 2. The highest BCUT2D eigenvalue weighted by molar-refractivity contribution is 7.22. The third kappa shape index (κ3) is 25.8. The van der Waals surface area contributed by atoms with Crippen LogP contribution in [0.15, 0.2) is 167 Å². The molecule has 0 saturated carbocycles. The maximum Gasteiger partial charge on any atom is 0.416 e. The van der Waals surface area contributed by atoms with Gasteiger partial charge in [0.1, 0.15) is 28.9 Å². The summed E-state index contributed by atoms with van der Waals surface area (Å²) in [4.78, 5) is 96.0. The van der Waals surface area contributed by atoms with Crippen molar-refractivity contribution in [3.63, 3.8) is 0 Å². The lowest BCUT2D eigenvalue weighted by atomic mass is 10.3. The van der Waals surface area contributed by atoms with Crippen molar-refractivity contribution in [2.75, 3.05) is 62.2 Å². The number of nitro benzene ring substituents is 3. The number of hydrogen-bond acceptors (Lipinski definition) is 32. The van der Waals surface area contributed by atoms with E-state index in [4.69, 9.17) is 32.4 Å². The van der Waals surface area contributed by atoms with Crippen LogP contribution in [0.2, 0.25) is 19.6 Å². The number of thiophene rings is 3. The summed E-state index contributed by atoms with van der Waals surface area (Å²) in [6, 6.07) is 37.9. The smallest absolute Gasteiger partial charge is 0.416 e. The number of tetrazole rings is 2. The van der Waals surface area contributed by atoms with Crippen molar-refractivity contribution in [2.24, 2.45) is 5.11 Å². The maximum atomic E-state index is 13.9. The second-order valence-corrected chi connectivity index (χ2v) is 33.1. The first-order valence-electron chi connectivity index (χ1n) is 31.9. The zero-order valence-corrected chi connectivity index (χ0v) is 63.6. The fourth-order valence-corrected chi connectivity index (χ4v) is 13.1. The number of non-ortho nitro benzene ring substituents is 3. The predicted octanol–water partition coefficient (Wildman–Crippen LogP) is 13.6. The van der Waals surface area contributed by atoms with Crippen LogP contribution in [0.3, 0.4) is 0 Å². The number of nitriles is 2. The van der Waals surface area contributed by atoms with Gasteiger partial charge in [-0.3, -0.25) is 35.1 Å². The maximum absolute atomic E-state index is 13.9. The highest BCUT2D eigenvalue weighted by atomic mass is 35.5. The Hall–Kier alpha value is -12.6. The lowest BCUT2D eigenvalue weighted by Gasteiger charge is -2.34. The zero-order valence-electron chi connectivity index (χ0n) is 57.7. The molecule has 0 radical (unpaired) electrons. The number of hydrogen-bond donors (Lipinski definition) is 1. The summed E-state index contributed by atoms with van der Waals surface area (Å²) in [6.45, 7) is 13.5. The summed E-state index contributed by atoms with van der Waals surface area (Å²) in [5.74, 6) is -1.75. The van der Waals surface area contributed by atoms with E-state index in [2.05, 4.69) is 81.3 Å². The lowest BCUT2D eigenvalue weighted by Crippen LogP contribution is -2.49. The molecule has 1 amide bonds. The molecule has 2 saturated heterocycles. The minimum absolute atomic E-state index is 0.0447. The average Bonchev–Trinajstić information content (AvgIpc) is 1.66. The van der Waals surface area contributed by atoms with Gasteiger partial charge in [0, 0.05) is 126 Å². The quantitative estimate of drug-likeness (QED) is 0.00897. The number of rotatable bonds is 16. The summed E-state index contributed by atoms with van der Waals surface area (Å²) in [6.07, 6.45) is 0. The molecule has 110 heavy (non-hydrogen) atoms. The Labute approximate surface area is 647 Å². The van der Waals surface area contributed by atoms with Crippen molar-refractivity contribution >= 4 is 147 Å². The minimum Gasteiger partial charge on any atom is -0.421 e. The van der Waals surface area contributed by atoms with Crippen molar-refractivity contribution in [1.29, 1.82) is 10.5 Å². The van der Waals surface area contributed by atoms with E-state index >= 15 is 0 Å². The molecule has 7 aromatic heterocycles. The van der Waals surface area contributed by atoms with Gasteiger partial charge in [-0.15, -0.1) is 44.2 Å². The number of nitrogens with one attached hydrogen (secondary N) is 1. The molecule has 2 fully saturated rings. The lowest BCUT2D eigenvalue weighted by molar-refractivity contribution is -0.385. The Bertz CT molecular complexity index is 5200. The van der Waals surface area contributed by atoms with Gasteiger partial charge in [-0.2, -0.15) is 5.26 Å². The number of benzene rings is 5. The van der Waals surface area contributed by atoms with E-state index in [0.717, 1.165) is 56.6 Å². The summed E-state index contributed by atoms with van der Waals surface area (Å²) < 4.78 is 45.6. The zero-order chi connectivity index (χ0) is 79.1. The van der Waals surface area contributed by atoms with Crippen LogP contribution in [0.1, 0.15) is 35.9 Å². The molecular weight excluding hydrogens is 1570 g/mol. The number of fused-ring (bicyclic) bond motifs is 2. The normalized spacial score (nSPS) is 12.0. The van der Waals surface area contributed by atoms with E-state index in [1.807, 2.05) is 84.3 Å². The summed E-state index contributed by atoms with van der Waals surface area (Å²) in [5.41, 5.74) is 10.3. The van der Waals surface area contributed by atoms with Crippen molar-refractivity contribution in [3.8, 4) is 29.0 Å². The molecular formula is C66H59ClF2N22O13S5Si. The van der Waals surface area contributed by atoms with E-state index in [0.29, 0.717) is 60.7 Å². The van der Waals surface area contributed by atoms with Crippen LogP contribution in [0.4, 0.5) is 40.9 Å². The summed E-state index contributed by atoms with van der Waals surface area (Å²) >= 11 is 12.4. The number of amides is 1. The number of halogens is 3. The number of ether oxygens (including phenoxy) is 3. The SMILES string of the molecule is C[Si](C)(C)C#N.Fc1cccc2nc(N3CCNCC3)sc12.N#CC(=O)Oc1ccc([N+](=O)[O-])cc1.O=C(Cl)Oc1ccc([N+](=O)[O-])cc1.O=C(Oc1ccc([N+](=O)[O-])cc1)c1nnnn1Cc1cccs1.O=C(c1nnnn1Cc1cccs1)N1CCN(c2nc3cccc(F)c3s2)CC1.[N-]=[N+]=NCc1cccs1. The van der Waals surface area contributed by atoms with Gasteiger partial charge in [-0.1, -0.05) is 77.8 Å². The number of anilines is 2. The highest BCUT2D eigenvalue weighted by Crippen LogP contribution is 2.33. The minimum atomic E-state index is -1.33. The van der Waals surface area contributed by atoms with Crippen LogP contribution >= 0.6 is 68.3 Å². The van der Waals surface area contributed by atoms with Gasteiger partial charge in [0.2, 0.25) is 5.82 Å². The number of nitro groups is 3. The number of carbonyl (C=O) groups is 4. The molecule has 2 aliphatic heterocycles. The number of azide groups is 1.